The minimum atomic E-state index is -3.82. The smallest absolute Gasteiger partial charge is 0.248 e. The second-order valence-corrected chi connectivity index (χ2v) is 9.40. The average Bonchev–Trinajstić information content (AvgIpc) is 3.46. The number of sulfonamides is 1. The number of carbonyl (C=O) groups excluding carboxylic acids is 1. The Morgan fingerprint density at radius 3 is 2.72 bits per heavy atom. The Bertz CT molecular complexity index is 1180. The highest BCUT2D eigenvalue weighted by atomic mass is 32.2. The third-order valence-corrected chi connectivity index (χ3v) is 7.43. The highest BCUT2D eigenvalue weighted by Crippen LogP contribution is 2.29. The predicted molar refractivity (Wildman–Crippen MR) is 116 cm³/mol. The van der Waals surface area contributed by atoms with Gasteiger partial charge in [-0.15, -0.1) is 0 Å². The Morgan fingerprint density at radius 2 is 2.03 bits per heavy atom. The fourth-order valence-electron chi connectivity index (χ4n) is 3.65. The quantitative estimate of drug-likeness (QED) is 0.581. The van der Waals surface area contributed by atoms with Gasteiger partial charge in [0.25, 0.3) is 0 Å². The van der Waals surface area contributed by atoms with Gasteiger partial charge in [0.05, 0.1) is 18.5 Å². The molecule has 1 aliphatic rings. The van der Waals surface area contributed by atoms with Crippen LogP contribution in [0.3, 0.4) is 0 Å². The van der Waals surface area contributed by atoms with E-state index in [4.69, 9.17) is 8.94 Å². The van der Waals surface area contributed by atoms with Crippen molar-refractivity contribution in [3.05, 3.63) is 65.7 Å². The molecule has 0 spiro atoms. The minimum absolute atomic E-state index is 0.0401. The molecule has 168 valence electrons. The summed E-state index contributed by atoms with van der Waals surface area (Å²) in [4.78, 5) is 16.7. The van der Waals surface area contributed by atoms with Gasteiger partial charge in [0.15, 0.2) is 10.7 Å². The van der Waals surface area contributed by atoms with Crippen LogP contribution >= 0.6 is 0 Å². The molecule has 1 N–H and O–H groups in total. The first kappa shape index (κ1) is 22.0. The Balaban J connectivity index is 1.40. The maximum absolute atomic E-state index is 13.3. The number of piperidine rings is 1. The van der Waals surface area contributed by atoms with E-state index >= 15 is 0 Å². The number of pyridine rings is 1. The highest BCUT2D eigenvalue weighted by molar-refractivity contribution is 7.89. The van der Waals surface area contributed by atoms with E-state index in [2.05, 4.69) is 15.5 Å². The van der Waals surface area contributed by atoms with Crippen LogP contribution in [0.4, 0.5) is 0 Å². The molecule has 10 heteroatoms. The van der Waals surface area contributed by atoms with Gasteiger partial charge in [0.1, 0.15) is 11.5 Å². The van der Waals surface area contributed by atoms with Gasteiger partial charge in [-0.05, 0) is 56.2 Å². The zero-order valence-corrected chi connectivity index (χ0v) is 18.4. The molecule has 1 aliphatic heterocycles. The van der Waals surface area contributed by atoms with Crippen molar-refractivity contribution in [1.82, 2.24) is 19.8 Å². The topological polar surface area (TPSA) is 119 Å². The summed E-state index contributed by atoms with van der Waals surface area (Å²) in [5.74, 6) is 0.386. The number of hydrogen-bond donors (Lipinski definition) is 1. The van der Waals surface area contributed by atoms with E-state index in [1.807, 2.05) is 18.2 Å². The molecule has 4 heterocycles. The van der Waals surface area contributed by atoms with E-state index in [0.717, 1.165) is 5.69 Å². The summed E-state index contributed by atoms with van der Waals surface area (Å²) in [5.41, 5.74) is 1.07. The first-order chi connectivity index (χ1) is 15.4. The maximum Gasteiger partial charge on any atom is 0.248 e. The lowest BCUT2D eigenvalue weighted by Crippen LogP contribution is -2.43. The molecule has 32 heavy (non-hydrogen) atoms. The van der Waals surface area contributed by atoms with Crippen LogP contribution in [0.2, 0.25) is 0 Å². The molecule has 1 amide bonds. The van der Waals surface area contributed by atoms with Crippen molar-refractivity contribution in [2.75, 3.05) is 13.1 Å². The van der Waals surface area contributed by atoms with Crippen LogP contribution in [0.15, 0.2) is 56.6 Å². The fraction of sp³-hybridized carbons (Fsp3) is 0.318. The van der Waals surface area contributed by atoms with Gasteiger partial charge < -0.3 is 14.3 Å². The lowest BCUT2D eigenvalue weighted by Gasteiger charge is -2.30. The first-order valence-electron chi connectivity index (χ1n) is 10.3. The van der Waals surface area contributed by atoms with E-state index in [9.17, 15) is 13.2 Å². The van der Waals surface area contributed by atoms with Crippen molar-refractivity contribution in [1.29, 1.82) is 0 Å². The van der Waals surface area contributed by atoms with E-state index in [1.54, 1.807) is 31.3 Å². The molecule has 3 aromatic rings. The van der Waals surface area contributed by atoms with Crippen LogP contribution in [0.5, 0.6) is 0 Å². The van der Waals surface area contributed by atoms with Crippen molar-refractivity contribution < 1.29 is 22.2 Å². The predicted octanol–water partition coefficient (Wildman–Crippen LogP) is 2.86. The molecule has 0 aromatic carbocycles. The van der Waals surface area contributed by atoms with Crippen LogP contribution < -0.4 is 5.32 Å². The second-order valence-electron chi connectivity index (χ2n) is 7.53. The van der Waals surface area contributed by atoms with Crippen LogP contribution in [0, 0.1) is 12.8 Å². The van der Waals surface area contributed by atoms with Crippen molar-refractivity contribution in [2.24, 2.45) is 5.92 Å². The van der Waals surface area contributed by atoms with Gasteiger partial charge in [0.2, 0.25) is 15.9 Å². The Labute approximate surface area is 186 Å². The Morgan fingerprint density at radius 1 is 1.22 bits per heavy atom. The molecular weight excluding hydrogens is 432 g/mol. The lowest BCUT2D eigenvalue weighted by atomic mass is 9.97. The van der Waals surface area contributed by atoms with Crippen LogP contribution in [0.1, 0.15) is 35.7 Å². The van der Waals surface area contributed by atoms with Gasteiger partial charge in [-0.2, -0.15) is 4.31 Å². The summed E-state index contributed by atoms with van der Waals surface area (Å²) in [6, 6.07) is 9.01. The third-order valence-electron chi connectivity index (χ3n) is 5.37. The molecule has 0 saturated carbocycles. The van der Waals surface area contributed by atoms with Crippen LogP contribution in [-0.4, -0.2) is 41.9 Å². The second kappa shape index (κ2) is 9.49. The molecule has 3 aromatic heterocycles. The summed E-state index contributed by atoms with van der Waals surface area (Å²) in [7, 11) is -3.82. The van der Waals surface area contributed by atoms with Gasteiger partial charge in [-0.1, -0.05) is 11.2 Å². The molecule has 0 atom stereocenters. The number of furan rings is 1. The summed E-state index contributed by atoms with van der Waals surface area (Å²) >= 11 is 0. The molecule has 0 aliphatic carbocycles. The SMILES string of the molecule is Cc1noc(/C=C/c2ccco2)c1S(=O)(=O)N1CCC(C(=O)NCc2ccccn2)CC1. The van der Waals surface area contributed by atoms with Crippen molar-refractivity contribution in [3.63, 3.8) is 0 Å². The van der Waals surface area contributed by atoms with Crippen molar-refractivity contribution in [2.45, 2.75) is 31.2 Å². The van der Waals surface area contributed by atoms with Crippen molar-refractivity contribution in [3.8, 4) is 0 Å². The van der Waals surface area contributed by atoms with Gasteiger partial charge in [-0.25, -0.2) is 8.42 Å². The van der Waals surface area contributed by atoms with E-state index in [0.29, 0.717) is 30.8 Å². The molecular formula is C22H24N4O5S. The molecule has 0 unspecified atom stereocenters. The Kier molecular flexibility index (Phi) is 6.52. The summed E-state index contributed by atoms with van der Waals surface area (Å²) in [5, 5.41) is 6.73. The molecule has 9 nitrogen and oxygen atoms in total. The minimum Gasteiger partial charge on any atom is -0.465 e. The lowest BCUT2D eigenvalue weighted by molar-refractivity contribution is -0.126. The maximum atomic E-state index is 13.3. The monoisotopic (exact) mass is 456 g/mol. The van der Waals surface area contributed by atoms with Crippen LogP contribution in [-0.2, 0) is 21.4 Å². The first-order valence-corrected chi connectivity index (χ1v) is 11.7. The number of nitrogens with one attached hydrogen (secondary N) is 1. The molecule has 0 radical (unpaired) electrons. The molecule has 4 rings (SSSR count). The Hall–Kier alpha value is -3.24. The summed E-state index contributed by atoms with van der Waals surface area (Å²) in [6.45, 7) is 2.44. The number of hydrogen-bond acceptors (Lipinski definition) is 7. The summed E-state index contributed by atoms with van der Waals surface area (Å²) < 4.78 is 38.5. The number of aromatic nitrogens is 2. The fourth-order valence-corrected chi connectivity index (χ4v) is 5.37. The van der Waals surface area contributed by atoms with Gasteiger partial charge >= 0.3 is 0 Å². The number of amides is 1. The van der Waals surface area contributed by atoms with Crippen molar-refractivity contribution >= 4 is 28.1 Å². The van der Waals surface area contributed by atoms with E-state index in [1.165, 1.54) is 16.6 Å². The van der Waals surface area contributed by atoms with Crippen LogP contribution in [0.25, 0.3) is 12.2 Å². The standard InChI is InChI=1S/C22H24N4O5S/c1-16-21(20(31-25-16)8-7-19-6-4-14-30-19)32(28,29)26-12-9-17(10-13-26)22(27)24-15-18-5-2-3-11-23-18/h2-8,11,14,17H,9-10,12-13,15H2,1H3,(H,24,27)/b8-7+. The number of nitrogens with zero attached hydrogens (tertiary/aromatic N) is 3. The number of carbonyl (C=O) groups is 1. The number of aryl methyl sites for hydroxylation is 1. The molecule has 0 bridgehead atoms. The highest BCUT2D eigenvalue weighted by Gasteiger charge is 2.35. The zero-order valence-electron chi connectivity index (χ0n) is 17.6. The molecule has 1 saturated heterocycles. The number of rotatable bonds is 7. The average molecular weight is 457 g/mol. The largest absolute Gasteiger partial charge is 0.465 e. The summed E-state index contributed by atoms with van der Waals surface area (Å²) in [6.07, 6.45) is 7.24. The zero-order chi connectivity index (χ0) is 22.6. The molecule has 1 fully saturated rings. The van der Waals surface area contributed by atoms with E-state index < -0.39 is 10.0 Å². The van der Waals surface area contributed by atoms with Gasteiger partial charge in [-0.3, -0.25) is 9.78 Å². The van der Waals surface area contributed by atoms with Gasteiger partial charge in [0, 0.05) is 25.2 Å². The normalized spacial score (nSPS) is 15.9. The van der Waals surface area contributed by atoms with E-state index in [-0.39, 0.29) is 35.6 Å². The third kappa shape index (κ3) is 4.81.